The molecular weight excluding hydrogens is 339 g/mol. The number of phenolic OH excluding ortho intramolecular Hbond substituents is 1. The van der Waals surface area contributed by atoms with Crippen LogP contribution in [0.15, 0.2) is 53.1 Å². The molecule has 25 heavy (non-hydrogen) atoms. The summed E-state index contributed by atoms with van der Waals surface area (Å²) in [5, 5.41) is 31.6. The Morgan fingerprint density at radius 1 is 1.24 bits per heavy atom. The summed E-state index contributed by atoms with van der Waals surface area (Å²) in [7, 11) is 0. The summed E-state index contributed by atoms with van der Waals surface area (Å²) in [6.45, 7) is 4.06. The second-order valence-electron chi connectivity index (χ2n) is 6.23. The van der Waals surface area contributed by atoms with Gasteiger partial charge >= 0.3 is 0 Å². The molecule has 0 unspecified atom stereocenters. The zero-order valence-electron chi connectivity index (χ0n) is 14.3. The minimum absolute atomic E-state index is 0.217. The number of aromatic hydroxyl groups is 1. The lowest BCUT2D eigenvalue weighted by atomic mass is 9.97. The Bertz CT molecular complexity index is 746. The molecule has 2 atom stereocenters. The Labute approximate surface area is 151 Å². The Kier molecular flexibility index (Phi) is 6.97. The standard InChI is InChI=1S/C20H23FO3S/c1-13(2)14(12-19(24)20-7-4-10-25-20)5-3-6-17(22)15-8-9-18(23)16(21)11-15/h3-4,7-11,13,17,19,22-24H,6,12H2,1-2H3/t5?,17-,19-/m1/s1. The molecule has 3 nitrogen and oxygen atoms in total. The molecule has 5 heteroatoms. The van der Waals surface area contributed by atoms with Gasteiger partial charge in [-0.3, -0.25) is 0 Å². The van der Waals surface area contributed by atoms with Crippen molar-refractivity contribution in [3.8, 4) is 5.75 Å². The van der Waals surface area contributed by atoms with Crippen LogP contribution in [0.25, 0.3) is 0 Å². The van der Waals surface area contributed by atoms with E-state index < -0.39 is 23.8 Å². The van der Waals surface area contributed by atoms with Gasteiger partial charge in [0.1, 0.15) is 0 Å². The number of aliphatic hydroxyl groups is 2. The number of hydrogen-bond donors (Lipinski definition) is 3. The first-order valence-corrected chi connectivity index (χ1v) is 9.08. The van der Waals surface area contributed by atoms with E-state index in [1.165, 1.54) is 23.5 Å². The van der Waals surface area contributed by atoms with Gasteiger partial charge in [-0.05, 0) is 46.7 Å². The molecular formula is C20H23FO3S. The quantitative estimate of drug-likeness (QED) is 0.615. The van der Waals surface area contributed by atoms with Crippen LogP contribution in [0.2, 0.25) is 0 Å². The molecule has 2 aromatic rings. The minimum atomic E-state index is -0.877. The summed E-state index contributed by atoms with van der Waals surface area (Å²) >= 11 is 1.52. The summed E-state index contributed by atoms with van der Waals surface area (Å²) in [5.74, 6) is -0.969. The highest BCUT2D eigenvalue weighted by Crippen LogP contribution is 2.28. The summed E-state index contributed by atoms with van der Waals surface area (Å²) in [4.78, 5) is 0.916. The van der Waals surface area contributed by atoms with Crippen LogP contribution in [0.1, 0.15) is 49.3 Å². The van der Waals surface area contributed by atoms with Gasteiger partial charge in [-0.2, -0.15) is 0 Å². The predicted octanol–water partition coefficient (Wildman–Crippen LogP) is 4.88. The number of phenols is 1. The number of rotatable bonds is 7. The van der Waals surface area contributed by atoms with E-state index in [0.29, 0.717) is 12.0 Å². The van der Waals surface area contributed by atoms with Gasteiger partial charge in [0.15, 0.2) is 11.6 Å². The number of benzene rings is 1. The van der Waals surface area contributed by atoms with Crippen molar-refractivity contribution in [2.45, 2.75) is 38.9 Å². The molecule has 0 fully saturated rings. The van der Waals surface area contributed by atoms with Crippen LogP contribution in [0, 0.1) is 11.7 Å². The van der Waals surface area contributed by atoms with Crippen molar-refractivity contribution in [1.29, 1.82) is 0 Å². The molecule has 1 aromatic heterocycles. The fourth-order valence-electron chi connectivity index (χ4n) is 2.42. The number of hydrogen-bond acceptors (Lipinski definition) is 4. The van der Waals surface area contributed by atoms with Crippen molar-refractivity contribution < 1.29 is 19.7 Å². The maximum absolute atomic E-state index is 13.4. The van der Waals surface area contributed by atoms with Gasteiger partial charge in [0.2, 0.25) is 0 Å². The molecule has 0 saturated heterocycles. The first-order chi connectivity index (χ1) is 11.9. The van der Waals surface area contributed by atoms with Crippen molar-refractivity contribution in [2.75, 3.05) is 0 Å². The monoisotopic (exact) mass is 362 g/mol. The van der Waals surface area contributed by atoms with Gasteiger partial charge in [-0.1, -0.05) is 26.0 Å². The van der Waals surface area contributed by atoms with E-state index in [4.69, 9.17) is 0 Å². The highest BCUT2D eigenvalue weighted by molar-refractivity contribution is 7.10. The van der Waals surface area contributed by atoms with Crippen molar-refractivity contribution in [3.05, 3.63) is 69.4 Å². The van der Waals surface area contributed by atoms with E-state index in [1.807, 2.05) is 31.4 Å². The summed E-state index contributed by atoms with van der Waals surface area (Å²) in [6.07, 6.45) is 1.03. The maximum Gasteiger partial charge on any atom is 0.165 e. The Hall–Kier alpha value is -1.91. The molecule has 134 valence electrons. The van der Waals surface area contributed by atoms with Crippen molar-refractivity contribution >= 4 is 11.3 Å². The molecule has 3 N–H and O–H groups in total. The molecule has 0 aliphatic rings. The van der Waals surface area contributed by atoms with Gasteiger partial charge in [-0.15, -0.1) is 17.1 Å². The van der Waals surface area contributed by atoms with E-state index >= 15 is 0 Å². The van der Waals surface area contributed by atoms with Crippen molar-refractivity contribution in [3.63, 3.8) is 0 Å². The van der Waals surface area contributed by atoms with Gasteiger partial charge < -0.3 is 15.3 Å². The van der Waals surface area contributed by atoms with E-state index in [2.05, 4.69) is 5.73 Å². The predicted molar refractivity (Wildman–Crippen MR) is 98.0 cm³/mol. The largest absolute Gasteiger partial charge is 0.505 e. The molecule has 1 aromatic carbocycles. The first-order valence-electron chi connectivity index (χ1n) is 8.20. The zero-order chi connectivity index (χ0) is 18.4. The van der Waals surface area contributed by atoms with Crippen LogP contribution in [0.3, 0.4) is 0 Å². The molecule has 1 heterocycles. The van der Waals surface area contributed by atoms with Gasteiger partial charge in [0, 0.05) is 17.7 Å². The summed E-state index contributed by atoms with van der Waals surface area (Å²) in [5.41, 5.74) is 4.54. The Morgan fingerprint density at radius 3 is 2.60 bits per heavy atom. The molecule has 0 saturated carbocycles. The summed E-state index contributed by atoms with van der Waals surface area (Å²) < 4.78 is 13.4. The number of thiophene rings is 1. The van der Waals surface area contributed by atoms with Crippen LogP contribution in [-0.2, 0) is 0 Å². The SMILES string of the molecule is CC(C)C(=C=CC[C@@H](O)c1ccc(O)c(F)c1)C[C@@H](O)c1cccs1. The lowest BCUT2D eigenvalue weighted by Gasteiger charge is -2.13. The fourth-order valence-corrected chi connectivity index (χ4v) is 3.13. The molecule has 2 rings (SSSR count). The average molecular weight is 362 g/mol. The molecule has 0 spiro atoms. The third-order valence-corrected chi connectivity index (χ3v) is 4.94. The number of aliphatic hydroxyl groups excluding tert-OH is 2. The lowest BCUT2D eigenvalue weighted by molar-refractivity contribution is 0.179. The van der Waals surface area contributed by atoms with Crippen LogP contribution in [0.5, 0.6) is 5.75 Å². The maximum atomic E-state index is 13.4. The molecule has 0 amide bonds. The van der Waals surface area contributed by atoms with E-state index in [9.17, 15) is 19.7 Å². The smallest absolute Gasteiger partial charge is 0.165 e. The second kappa shape index (κ2) is 8.97. The molecule has 0 radical (unpaired) electrons. The molecule has 0 aliphatic heterocycles. The summed E-state index contributed by atoms with van der Waals surface area (Å²) in [6, 6.07) is 7.65. The van der Waals surface area contributed by atoms with Crippen LogP contribution in [-0.4, -0.2) is 15.3 Å². The minimum Gasteiger partial charge on any atom is -0.505 e. The van der Waals surface area contributed by atoms with Gasteiger partial charge in [0.25, 0.3) is 0 Å². The lowest BCUT2D eigenvalue weighted by Crippen LogP contribution is -2.01. The highest BCUT2D eigenvalue weighted by atomic mass is 32.1. The van der Waals surface area contributed by atoms with E-state index in [1.54, 1.807) is 6.08 Å². The van der Waals surface area contributed by atoms with Gasteiger partial charge in [-0.25, -0.2) is 4.39 Å². The normalized spacial score (nSPS) is 13.4. The third-order valence-electron chi connectivity index (χ3n) is 3.97. The number of halogens is 1. The molecule has 0 bridgehead atoms. The van der Waals surface area contributed by atoms with E-state index in [-0.39, 0.29) is 12.3 Å². The molecule has 0 aliphatic carbocycles. The Balaban J connectivity index is 2.06. The topological polar surface area (TPSA) is 60.7 Å². The Morgan fingerprint density at radius 2 is 2.00 bits per heavy atom. The average Bonchev–Trinajstić information content (AvgIpc) is 3.10. The highest BCUT2D eigenvalue weighted by Gasteiger charge is 2.13. The van der Waals surface area contributed by atoms with Crippen molar-refractivity contribution in [2.24, 2.45) is 5.92 Å². The van der Waals surface area contributed by atoms with Crippen LogP contribution >= 0.6 is 11.3 Å². The van der Waals surface area contributed by atoms with E-state index in [0.717, 1.165) is 16.5 Å². The first kappa shape index (κ1) is 19.4. The zero-order valence-corrected chi connectivity index (χ0v) is 15.1. The fraction of sp³-hybridized carbons (Fsp3) is 0.350. The van der Waals surface area contributed by atoms with Crippen molar-refractivity contribution in [1.82, 2.24) is 0 Å². The second-order valence-corrected chi connectivity index (χ2v) is 7.21. The van der Waals surface area contributed by atoms with Crippen LogP contribution < -0.4 is 0 Å². The van der Waals surface area contributed by atoms with Crippen LogP contribution in [0.4, 0.5) is 4.39 Å². The van der Waals surface area contributed by atoms with Gasteiger partial charge in [0.05, 0.1) is 12.2 Å². The third kappa shape index (κ3) is 5.55.